The molecule has 3 N–H and O–H groups in total. The largest absolute Gasteiger partial charge is 0.490 e. The van der Waals surface area contributed by atoms with Crippen molar-refractivity contribution in [3.8, 4) is 0 Å². The standard InChI is InChI=1S/C20H11Cl2N3O3S.C2HF3O2/c21-13-2-1-3-14(22)17(13)24-20-25-18(26)16(29-20)9-10-4-5-15-12(8-10)11(19(27)28)6-7-23-15;3-2(4,5)1(6)7/h1-9H,(H,27,28)(H,24,25,26);(H,6,7)/b16-9+;. The maximum absolute atomic E-state index is 12.3. The molecule has 2 heterocycles. The van der Waals surface area contributed by atoms with Crippen LogP contribution in [0.2, 0.25) is 10.0 Å². The van der Waals surface area contributed by atoms with Crippen molar-refractivity contribution in [3.05, 3.63) is 74.7 Å². The third-order valence-electron chi connectivity index (χ3n) is 4.34. The maximum Gasteiger partial charge on any atom is 0.490 e. The second-order valence-corrected chi connectivity index (χ2v) is 8.64. The number of carboxylic acids is 2. The Hall–Kier alpha value is -3.61. The fraction of sp³-hybridized carbons (Fsp3) is 0.0455. The number of fused-ring (bicyclic) bond motifs is 1. The average molecular weight is 558 g/mol. The van der Waals surface area contributed by atoms with Gasteiger partial charge in [0.15, 0.2) is 5.17 Å². The Kier molecular flexibility index (Phi) is 8.23. The molecule has 1 aliphatic heterocycles. The normalized spacial score (nSPS) is 15.5. The lowest BCUT2D eigenvalue weighted by Crippen LogP contribution is -2.21. The number of halogens is 5. The van der Waals surface area contributed by atoms with Gasteiger partial charge in [0.05, 0.1) is 26.0 Å². The molecule has 1 fully saturated rings. The predicted molar refractivity (Wildman–Crippen MR) is 130 cm³/mol. The van der Waals surface area contributed by atoms with Crippen LogP contribution in [0.5, 0.6) is 0 Å². The van der Waals surface area contributed by atoms with Crippen LogP contribution in [0.25, 0.3) is 17.0 Å². The summed E-state index contributed by atoms with van der Waals surface area (Å²) in [5, 5.41) is 20.8. The van der Waals surface area contributed by atoms with Gasteiger partial charge in [-0.15, -0.1) is 0 Å². The molecule has 0 saturated carbocycles. The zero-order valence-corrected chi connectivity index (χ0v) is 19.8. The molecule has 0 aliphatic carbocycles. The van der Waals surface area contributed by atoms with E-state index in [1.807, 2.05) is 0 Å². The first-order valence-corrected chi connectivity index (χ1v) is 11.1. The topological polar surface area (TPSA) is 129 Å². The summed E-state index contributed by atoms with van der Waals surface area (Å²) < 4.78 is 31.7. The van der Waals surface area contributed by atoms with Crippen LogP contribution in [0.3, 0.4) is 0 Å². The summed E-state index contributed by atoms with van der Waals surface area (Å²) >= 11 is 13.4. The van der Waals surface area contributed by atoms with Crippen LogP contribution < -0.4 is 5.32 Å². The highest BCUT2D eigenvalue weighted by atomic mass is 35.5. The Labute approximate surface area is 214 Å². The fourth-order valence-electron chi connectivity index (χ4n) is 2.77. The lowest BCUT2D eigenvalue weighted by Gasteiger charge is -2.03. The molecule has 0 atom stereocenters. The van der Waals surface area contributed by atoms with Gasteiger partial charge < -0.3 is 15.5 Å². The van der Waals surface area contributed by atoms with Crippen LogP contribution in [-0.4, -0.2) is 44.4 Å². The van der Waals surface area contributed by atoms with E-state index < -0.39 is 18.1 Å². The minimum atomic E-state index is -5.08. The number of carbonyl (C=O) groups is 3. The Morgan fingerprint density at radius 1 is 1.08 bits per heavy atom. The summed E-state index contributed by atoms with van der Waals surface area (Å²) in [6, 6.07) is 11.6. The van der Waals surface area contributed by atoms with Crippen molar-refractivity contribution in [3.63, 3.8) is 0 Å². The first kappa shape index (κ1) is 27.0. The van der Waals surface area contributed by atoms with E-state index in [9.17, 15) is 27.9 Å². The molecule has 4 rings (SSSR count). The zero-order chi connectivity index (χ0) is 26.6. The smallest absolute Gasteiger partial charge is 0.478 e. The van der Waals surface area contributed by atoms with Crippen LogP contribution >= 0.6 is 35.0 Å². The third kappa shape index (κ3) is 6.53. The number of alkyl halides is 3. The number of para-hydroxylation sites is 1. The number of nitrogens with zero attached hydrogens (tertiary/aromatic N) is 2. The molecule has 1 amide bonds. The van der Waals surface area contributed by atoms with Crippen molar-refractivity contribution >= 4 is 80.6 Å². The zero-order valence-electron chi connectivity index (χ0n) is 17.5. The van der Waals surface area contributed by atoms with E-state index in [1.54, 1.807) is 42.5 Å². The number of pyridine rings is 1. The SMILES string of the molecule is O=C(O)C(F)(F)F.O=C1NC(=Nc2c(Cl)cccc2Cl)S/C1=C/c1ccc2nccc(C(=O)O)c2c1. The minimum absolute atomic E-state index is 0.148. The molecule has 0 unspecified atom stereocenters. The molecule has 3 aromatic rings. The number of hydrogen-bond donors (Lipinski definition) is 3. The van der Waals surface area contributed by atoms with E-state index in [-0.39, 0.29) is 11.5 Å². The van der Waals surface area contributed by atoms with E-state index in [0.717, 1.165) is 11.8 Å². The van der Waals surface area contributed by atoms with E-state index in [2.05, 4.69) is 15.3 Å². The predicted octanol–water partition coefficient (Wildman–Crippen LogP) is 5.76. The highest BCUT2D eigenvalue weighted by Gasteiger charge is 2.38. The van der Waals surface area contributed by atoms with Gasteiger partial charge in [0.1, 0.15) is 5.69 Å². The first-order chi connectivity index (χ1) is 16.9. The first-order valence-electron chi connectivity index (χ1n) is 9.52. The van der Waals surface area contributed by atoms with Crippen molar-refractivity contribution in [2.24, 2.45) is 4.99 Å². The maximum atomic E-state index is 12.3. The molecule has 186 valence electrons. The summed E-state index contributed by atoms with van der Waals surface area (Å²) in [5.41, 5.74) is 1.76. The van der Waals surface area contributed by atoms with Crippen LogP contribution in [0.1, 0.15) is 15.9 Å². The van der Waals surface area contributed by atoms with Crippen molar-refractivity contribution in [1.29, 1.82) is 0 Å². The van der Waals surface area contributed by atoms with Crippen molar-refractivity contribution in [2.45, 2.75) is 6.18 Å². The van der Waals surface area contributed by atoms with Gasteiger partial charge in [-0.25, -0.2) is 14.6 Å². The average Bonchev–Trinajstić information content (AvgIpc) is 3.14. The number of amides is 1. The van der Waals surface area contributed by atoms with Gasteiger partial charge >= 0.3 is 18.1 Å². The third-order valence-corrected chi connectivity index (χ3v) is 5.86. The number of aromatic carboxylic acids is 1. The van der Waals surface area contributed by atoms with Crippen LogP contribution in [0, 0.1) is 0 Å². The van der Waals surface area contributed by atoms with Crippen molar-refractivity contribution in [1.82, 2.24) is 10.3 Å². The highest BCUT2D eigenvalue weighted by molar-refractivity contribution is 8.18. The number of rotatable bonds is 3. The van der Waals surface area contributed by atoms with Gasteiger partial charge in [-0.05, 0) is 53.7 Å². The summed E-state index contributed by atoms with van der Waals surface area (Å²) in [6.07, 6.45) is -1.97. The Morgan fingerprint density at radius 2 is 1.72 bits per heavy atom. The van der Waals surface area contributed by atoms with E-state index in [0.29, 0.717) is 42.3 Å². The number of benzene rings is 2. The lowest BCUT2D eigenvalue weighted by molar-refractivity contribution is -0.192. The molecule has 1 saturated heterocycles. The Bertz CT molecular complexity index is 1420. The van der Waals surface area contributed by atoms with E-state index >= 15 is 0 Å². The van der Waals surface area contributed by atoms with Gasteiger partial charge in [-0.1, -0.05) is 35.3 Å². The van der Waals surface area contributed by atoms with Crippen LogP contribution in [0.4, 0.5) is 18.9 Å². The molecule has 36 heavy (non-hydrogen) atoms. The van der Waals surface area contributed by atoms with Gasteiger partial charge in [-0.2, -0.15) is 13.2 Å². The number of aliphatic imine (C=N–C) groups is 1. The summed E-state index contributed by atoms with van der Waals surface area (Å²) in [7, 11) is 0. The quantitative estimate of drug-likeness (QED) is 0.349. The summed E-state index contributed by atoms with van der Waals surface area (Å²) in [4.78, 5) is 41.6. The number of carboxylic acid groups (broad SMARTS) is 2. The molecule has 0 bridgehead atoms. The number of aliphatic carboxylic acids is 1. The number of amidine groups is 1. The van der Waals surface area contributed by atoms with Crippen molar-refractivity contribution in [2.75, 3.05) is 0 Å². The Balaban J connectivity index is 0.000000454. The van der Waals surface area contributed by atoms with E-state index in [1.165, 1.54) is 12.3 Å². The Morgan fingerprint density at radius 3 is 2.31 bits per heavy atom. The van der Waals surface area contributed by atoms with Gasteiger partial charge in [-0.3, -0.25) is 9.78 Å². The minimum Gasteiger partial charge on any atom is -0.478 e. The summed E-state index contributed by atoms with van der Waals surface area (Å²) in [6.45, 7) is 0. The monoisotopic (exact) mass is 557 g/mol. The molecule has 0 spiro atoms. The molecule has 1 aliphatic rings. The number of carbonyl (C=O) groups excluding carboxylic acids is 1. The molecule has 0 radical (unpaired) electrons. The second-order valence-electron chi connectivity index (χ2n) is 6.80. The van der Waals surface area contributed by atoms with Crippen molar-refractivity contribution < 1.29 is 37.8 Å². The van der Waals surface area contributed by atoms with Gasteiger partial charge in [0.25, 0.3) is 5.91 Å². The highest BCUT2D eigenvalue weighted by Crippen LogP contribution is 2.35. The molecular formula is C22H12Cl2F3N3O5S. The summed E-state index contributed by atoms with van der Waals surface area (Å²) in [5.74, 6) is -4.12. The van der Waals surface area contributed by atoms with Gasteiger partial charge in [0.2, 0.25) is 0 Å². The van der Waals surface area contributed by atoms with Crippen LogP contribution in [0.15, 0.2) is 58.6 Å². The molecular weight excluding hydrogens is 546 g/mol. The van der Waals surface area contributed by atoms with Gasteiger partial charge in [0, 0.05) is 11.6 Å². The second kappa shape index (κ2) is 11.0. The molecule has 2 aromatic carbocycles. The number of aromatic nitrogens is 1. The molecule has 14 heteroatoms. The fourth-order valence-corrected chi connectivity index (χ4v) is 4.08. The molecule has 8 nitrogen and oxygen atoms in total. The lowest BCUT2D eigenvalue weighted by atomic mass is 10.1. The van der Waals surface area contributed by atoms with Crippen LogP contribution in [-0.2, 0) is 9.59 Å². The number of hydrogen-bond acceptors (Lipinski definition) is 6. The van der Waals surface area contributed by atoms with E-state index in [4.69, 9.17) is 33.1 Å². The number of nitrogens with one attached hydrogen (secondary N) is 1. The molecule has 1 aromatic heterocycles. The number of thioether (sulfide) groups is 1.